The number of ketones is 1. The molecular weight excluding hydrogens is 873 g/mol. The number of aliphatic hydroxyl groups is 1. The van der Waals surface area contributed by atoms with Crippen molar-refractivity contribution in [2.75, 3.05) is 53.9 Å². The van der Waals surface area contributed by atoms with E-state index in [1.54, 1.807) is 62.4 Å². The van der Waals surface area contributed by atoms with Crippen molar-refractivity contribution in [3.63, 3.8) is 0 Å². The highest BCUT2D eigenvalue weighted by molar-refractivity contribution is 6.09. The minimum atomic E-state index is -1.30. The van der Waals surface area contributed by atoms with E-state index in [9.17, 15) is 43.5 Å². The fourth-order valence-corrected chi connectivity index (χ4v) is 9.42. The van der Waals surface area contributed by atoms with Crippen molar-refractivity contribution in [1.29, 1.82) is 0 Å². The molecule has 0 saturated carbocycles. The lowest BCUT2D eigenvalue weighted by atomic mass is 9.62. The van der Waals surface area contributed by atoms with Gasteiger partial charge in [-0.15, -0.1) is 5.06 Å². The number of benzene rings is 2. The number of likely N-dealkylation sites (tertiary alicyclic amines) is 1. The summed E-state index contributed by atoms with van der Waals surface area (Å²) in [5.74, 6) is -3.06. The van der Waals surface area contributed by atoms with Gasteiger partial charge in [0, 0.05) is 90.8 Å². The molecular formula is C50H75N8O10+. The zero-order chi connectivity index (χ0) is 50.5. The van der Waals surface area contributed by atoms with Crippen LogP contribution in [0.3, 0.4) is 0 Å². The maximum absolute atomic E-state index is 14.6. The fourth-order valence-electron chi connectivity index (χ4n) is 9.42. The van der Waals surface area contributed by atoms with E-state index in [0.29, 0.717) is 64.9 Å². The molecule has 18 nitrogen and oxygen atoms in total. The smallest absolute Gasteiger partial charge is 0.370 e. The standard InChI is InChI=1S/C50H74N8O10/c1-9-34(42(51)62)31-49(4,44(64)54-29-16-28-52-43(63)37-21-19-36(20-22-37)41(61)35-17-12-10-13-18-35)33-50(5,32-48(2,3)46(66)56-30-25-38(56)58(6,7)8)45(65)53-26-14-11-15-27-55-47(67)68-57-39(59)23-24-40(57)60/h10,12-13,17-22,34,38-39,59H,9,11,14-16,23-33H2,1-8H3,(H5-,51,52,53,54,55,62,63,64,65,67)/p+1. The zero-order valence-electron chi connectivity index (χ0n) is 41.3. The van der Waals surface area contributed by atoms with Crippen LogP contribution in [0.15, 0.2) is 54.6 Å². The molecule has 0 aromatic heterocycles. The fraction of sp³-hybridized carbons (Fsp3) is 0.600. The second-order valence-corrected chi connectivity index (χ2v) is 20.5. The lowest BCUT2D eigenvalue weighted by Gasteiger charge is -2.51. The molecule has 2 heterocycles. The van der Waals surface area contributed by atoms with E-state index in [2.05, 4.69) is 21.3 Å². The first kappa shape index (κ1) is 54.7. The number of nitrogens with zero attached hydrogens (tertiary/aromatic N) is 3. The third-order valence-corrected chi connectivity index (χ3v) is 13.1. The molecule has 0 radical (unpaired) electrons. The Morgan fingerprint density at radius 1 is 0.750 bits per heavy atom. The number of hydroxylamine groups is 2. The van der Waals surface area contributed by atoms with E-state index < -0.39 is 52.2 Å². The van der Waals surface area contributed by atoms with Crippen molar-refractivity contribution in [3.05, 3.63) is 71.3 Å². The Hall–Kier alpha value is -5.88. The van der Waals surface area contributed by atoms with E-state index >= 15 is 0 Å². The van der Waals surface area contributed by atoms with E-state index in [-0.39, 0.29) is 88.0 Å². The maximum atomic E-state index is 14.6. The number of primary amides is 1. The minimum Gasteiger partial charge on any atom is -0.370 e. The summed E-state index contributed by atoms with van der Waals surface area (Å²) < 4.78 is 0.565. The van der Waals surface area contributed by atoms with Gasteiger partial charge in [-0.05, 0) is 63.5 Å². The average Bonchev–Trinajstić information content (AvgIpc) is 3.58. The predicted molar refractivity (Wildman–Crippen MR) is 255 cm³/mol. The van der Waals surface area contributed by atoms with Crippen LogP contribution in [0.1, 0.15) is 132 Å². The molecule has 18 heteroatoms. The third-order valence-electron chi connectivity index (χ3n) is 13.1. The highest BCUT2D eigenvalue weighted by Gasteiger charge is 2.52. The van der Waals surface area contributed by atoms with Gasteiger partial charge in [0.25, 0.3) is 11.8 Å². The second-order valence-electron chi connectivity index (χ2n) is 20.5. The molecule has 7 amide bonds. The Balaban J connectivity index is 1.43. The summed E-state index contributed by atoms with van der Waals surface area (Å²) >= 11 is 0. The monoisotopic (exact) mass is 948 g/mol. The van der Waals surface area contributed by atoms with Gasteiger partial charge in [0.2, 0.25) is 23.6 Å². The first-order valence-corrected chi connectivity index (χ1v) is 23.8. The van der Waals surface area contributed by atoms with E-state index in [0.717, 1.165) is 6.42 Å². The summed E-state index contributed by atoms with van der Waals surface area (Å²) in [6, 6.07) is 15.2. The van der Waals surface area contributed by atoms with Crippen LogP contribution in [0.5, 0.6) is 0 Å². The first-order valence-electron chi connectivity index (χ1n) is 23.8. The van der Waals surface area contributed by atoms with Crippen molar-refractivity contribution in [2.24, 2.45) is 27.9 Å². The number of nitrogens with one attached hydrogen (secondary N) is 4. The van der Waals surface area contributed by atoms with Gasteiger partial charge < -0.3 is 41.4 Å². The Morgan fingerprint density at radius 3 is 1.85 bits per heavy atom. The molecule has 2 fully saturated rings. The second kappa shape index (κ2) is 23.9. The summed E-state index contributed by atoms with van der Waals surface area (Å²) in [5, 5.41) is 22.0. The van der Waals surface area contributed by atoms with Crippen LogP contribution in [-0.4, -0.2) is 133 Å². The molecule has 2 aliphatic rings. The molecule has 2 aromatic carbocycles. The van der Waals surface area contributed by atoms with Gasteiger partial charge in [0.05, 0.1) is 21.1 Å². The van der Waals surface area contributed by atoms with Crippen LogP contribution in [0, 0.1) is 22.2 Å². The van der Waals surface area contributed by atoms with E-state index in [4.69, 9.17) is 10.6 Å². The molecule has 68 heavy (non-hydrogen) atoms. The van der Waals surface area contributed by atoms with E-state index in [1.807, 2.05) is 52.9 Å². The molecule has 5 unspecified atom stereocenters. The molecule has 374 valence electrons. The Kier molecular flexibility index (Phi) is 19.2. The van der Waals surface area contributed by atoms with Crippen molar-refractivity contribution in [1.82, 2.24) is 31.2 Å². The van der Waals surface area contributed by atoms with Gasteiger partial charge in [-0.1, -0.05) is 77.1 Å². The molecule has 4 rings (SSSR count). The highest BCUT2D eigenvalue weighted by Crippen LogP contribution is 2.47. The number of carbonyl (C=O) groups excluding carboxylic acids is 8. The lowest BCUT2D eigenvalue weighted by Crippen LogP contribution is -2.66. The first-order chi connectivity index (χ1) is 31.9. The van der Waals surface area contributed by atoms with Crippen LogP contribution in [0.4, 0.5) is 4.79 Å². The molecule has 2 saturated heterocycles. The topological polar surface area (TPSA) is 247 Å². The molecule has 7 N–H and O–H groups in total. The molecule has 2 aromatic rings. The molecule has 0 spiro atoms. The molecule has 5 atom stereocenters. The average molecular weight is 948 g/mol. The quantitative estimate of drug-likeness (QED) is 0.0450. The van der Waals surface area contributed by atoms with Gasteiger partial charge in [-0.3, -0.25) is 38.5 Å². The van der Waals surface area contributed by atoms with Crippen LogP contribution in [-0.2, 0) is 28.8 Å². The van der Waals surface area contributed by atoms with Gasteiger partial charge in [0.1, 0.15) is 0 Å². The summed E-state index contributed by atoms with van der Waals surface area (Å²) in [6.07, 6.45) is 1.60. The predicted octanol–water partition coefficient (Wildman–Crippen LogP) is 4.01. The van der Waals surface area contributed by atoms with Gasteiger partial charge >= 0.3 is 6.09 Å². The highest BCUT2D eigenvalue weighted by atomic mass is 16.7. The van der Waals surface area contributed by atoms with Crippen molar-refractivity contribution >= 4 is 47.3 Å². The number of amides is 7. The lowest BCUT2D eigenvalue weighted by molar-refractivity contribution is -0.913. The zero-order valence-corrected chi connectivity index (χ0v) is 41.3. The van der Waals surface area contributed by atoms with E-state index in [1.165, 1.54) is 0 Å². The van der Waals surface area contributed by atoms with Crippen LogP contribution in [0.25, 0.3) is 0 Å². The van der Waals surface area contributed by atoms with Crippen molar-refractivity contribution in [3.8, 4) is 0 Å². The molecule has 0 bridgehead atoms. The van der Waals surface area contributed by atoms with Gasteiger partial charge in [0.15, 0.2) is 18.2 Å². The third kappa shape index (κ3) is 14.8. The maximum Gasteiger partial charge on any atom is 0.431 e. The van der Waals surface area contributed by atoms with Crippen LogP contribution in [0.2, 0.25) is 0 Å². The SMILES string of the molecule is CCC(CC(C)(CC(C)(CC(C)(C)C(=O)N1CCC1[N+](C)(C)C)C(=O)NCCCCCNC(=O)ON1C(=O)CCC1O)C(=O)NCCCNC(=O)c1ccc(C(=O)c2ccccc2)cc1)C(N)=O. The van der Waals surface area contributed by atoms with Crippen molar-refractivity contribution < 1.29 is 52.8 Å². The van der Waals surface area contributed by atoms with Crippen LogP contribution < -0.4 is 27.0 Å². The number of aliphatic hydroxyl groups excluding tert-OH is 1. The summed E-state index contributed by atoms with van der Waals surface area (Å²) in [4.78, 5) is 113. The number of quaternary nitrogens is 1. The minimum absolute atomic E-state index is 0.0172. The number of hydrogen-bond acceptors (Lipinski definition) is 10. The number of hydrogen-bond donors (Lipinski definition) is 6. The summed E-state index contributed by atoms with van der Waals surface area (Å²) in [7, 11) is 6.11. The van der Waals surface area contributed by atoms with Gasteiger partial charge in [-0.25, -0.2) is 4.79 Å². The number of rotatable bonds is 26. The van der Waals surface area contributed by atoms with Gasteiger partial charge in [-0.2, -0.15) is 0 Å². The largest absolute Gasteiger partial charge is 0.431 e. The Morgan fingerprint density at radius 2 is 1.31 bits per heavy atom. The summed E-state index contributed by atoms with van der Waals surface area (Å²) in [5.41, 5.74) is 3.60. The number of carbonyl (C=O) groups is 8. The number of unbranched alkanes of at least 4 members (excludes halogenated alkanes) is 2. The Bertz CT molecular complexity index is 2110. The summed E-state index contributed by atoms with van der Waals surface area (Å²) in [6.45, 7) is 10.4. The Labute approximate surface area is 401 Å². The van der Waals surface area contributed by atoms with Crippen LogP contribution >= 0.6 is 0 Å². The normalized spacial score (nSPS) is 18.3. The molecule has 2 aliphatic heterocycles. The van der Waals surface area contributed by atoms with Crippen molar-refractivity contribution in [2.45, 2.75) is 118 Å². The molecule has 0 aliphatic carbocycles. The number of nitrogens with two attached hydrogens (primary N) is 1.